The van der Waals surface area contributed by atoms with Crippen LogP contribution in [-0.4, -0.2) is 11.7 Å². The molecule has 0 fully saturated rings. The van der Waals surface area contributed by atoms with Gasteiger partial charge in [-0.1, -0.05) is 60.7 Å². The molecule has 0 aliphatic carbocycles. The molecule has 1 amide bonds. The number of hydrogen-bond donors (Lipinski definition) is 0. The lowest BCUT2D eigenvalue weighted by Crippen LogP contribution is -2.29. The molecule has 0 N–H and O–H groups in total. The van der Waals surface area contributed by atoms with Gasteiger partial charge in [-0.3, -0.25) is 9.59 Å². The van der Waals surface area contributed by atoms with Gasteiger partial charge in [0.1, 0.15) is 12.4 Å². The zero-order valence-corrected chi connectivity index (χ0v) is 14.1. The second-order valence-electron chi connectivity index (χ2n) is 6.12. The maximum absolute atomic E-state index is 12.4. The van der Waals surface area contributed by atoms with Crippen LogP contribution in [0.15, 0.2) is 78.9 Å². The molecule has 0 atom stereocenters. The molecule has 0 unspecified atom stereocenters. The molecule has 26 heavy (non-hydrogen) atoms. The SMILES string of the molecule is O=C1C(=O)N(Cc2ccccc2OCc2ccccc2)c2ccccc21. The van der Waals surface area contributed by atoms with E-state index in [0.29, 0.717) is 30.2 Å². The number of ketones is 1. The highest BCUT2D eigenvalue weighted by atomic mass is 16.5. The highest BCUT2D eigenvalue weighted by Gasteiger charge is 2.35. The molecule has 4 nitrogen and oxygen atoms in total. The molecule has 0 saturated heterocycles. The predicted molar refractivity (Wildman–Crippen MR) is 99.2 cm³/mol. The van der Waals surface area contributed by atoms with Crippen LogP contribution in [0, 0.1) is 0 Å². The van der Waals surface area contributed by atoms with Crippen molar-refractivity contribution in [3.05, 3.63) is 95.6 Å². The fourth-order valence-electron chi connectivity index (χ4n) is 3.09. The van der Waals surface area contributed by atoms with Crippen LogP contribution in [0.3, 0.4) is 0 Å². The van der Waals surface area contributed by atoms with Crippen molar-refractivity contribution in [3.8, 4) is 5.75 Å². The van der Waals surface area contributed by atoms with Crippen LogP contribution in [0.25, 0.3) is 0 Å². The van der Waals surface area contributed by atoms with Gasteiger partial charge in [-0.05, 0) is 23.8 Å². The Balaban J connectivity index is 1.58. The summed E-state index contributed by atoms with van der Waals surface area (Å²) in [6.07, 6.45) is 0. The Hall–Kier alpha value is -3.40. The van der Waals surface area contributed by atoms with E-state index in [0.717, 1.165) is 11.1 Å². The number of nitrogens with zero attached hydrogens (tertiary/aromatic N) is 1. The van der Waals surface area contributed by atoms with Crippen molar-refractivity contribution in [3.63, 3.8) is 0 Å². The van der Waals surface area contributed by atoms with Crippen LogP contribution in [0.5, 0.6) is 5.75 Å². The molecule has 4 rings (SSSR count). The summed E-state index contributed by atoms with van der Waals surface area (Å²) < 4.78 is 5.96. The zero-order chi connectivity index (χ0) is 17.9. The van der Waals surface area contributed by atoms with Crippen LogP contribution in [0.2, 0.25) is 0 Å². The summed E-state index contributed by atoms with van der Waals surface area (Å²) in [6, 6.07) is 24.6. The fraction of sp³-hybridized carbons (Fsp3) is 0.0909. The molecule has 3 aromatic carbocycles. The maximum Gasteiger partial charge on any atom is 0.299 e. The van der Waals surface area contributed by atoms with Crippen molar-refractivity contribution >= 4 is 17.4 Å². The van der Waals surface area contributed by atoms with Crippen molar-refractivity contribution in [1.82, 2.24) is 0 Å². The lowest BCUT2D eigenvalue weighted by Gasteiger charge is -2.19. The van der Waals surface area contributed by atoms with Gasteiger partial charge in [0.2, 0.25) is 0 Å². The quantitative estimate of drug-likeness (QED) is 0.658. The van der Waals surface area contributed by atoms with Crippen LogP contribution in [0.1, 0.15) is 21.5 Å². The summed E-state index contributed by atoms with van der Waals surface area (Å²) in [5.41, 5.74) is 3.04. The van der Waals surface area contributed by atoms with Crippen LogP contribution in [-0.2, 0) is 17.9 Å². The number of para-hydroxylation sites is 2. The normalized spacial score (nSPS) is 13.0. The van der Waals surface area contributed by atoms with E-state index in [2.05, 4.69) is 0 Å². The second kappa shape index (κ2) is 6.84. The Bertz CT molecular complexity index is 966. The number of benzene rings is 3. The second-order valence-corrected chi connectivity index (χ2v) is 6.12. The van der Waals surface area contributed by atoms with E-state index in [9.17, 15) is 9.59 Å². The summed E-state index contributed by atoms with van der Waals surface area (Å²) in [6.45, 7) is 0.744. The van der Waals surface area contributed by atoms with E-state index in [-0.39, 0.29) is 0 Å². The molecule has 0 saturated carbocycles. The minimum absolute atomic E-state index is 0.298. The third-order valence-electron chi connectivity index (χ3n) is 4.42. The molecule has 1 aliphatic rings. The molecule has 0 aromatic heterocycles. The van der Waals surface area contributed by atoms with E-state index in [1.54, 1.807) is 18.2 Å². The first-order chi connectivity index (χ1) is 12.7. The lowest BCUT2D eigenvalue weighted by molar-refractivity contribution is -0.114. The van der Waals surface area contributed by atoms with Crippen LogP contribution < -0.4 is 9.64 Å². The largest absolute Gasteiger partial charge is 0.489 e. The highest BCUT2D eigenvalue weighted by Crippen LogP contribution is 2.31. The van der Waals surface area contributed by atoms with E-state index in [1.165, 1.54) is 4.90 Å². The lowest BCUT2D eigenvalue weighted by atomic mass is 10.1. The predicted octanol–water partition coefficient (Wildman–Crippen LogP) is 4.00. The zero-order valence-electron chi connectivity index (χ0n) is 14.1. The van der Waals surface area contributed by atoms with Gasteiger partial charge in [-0.25, -0.2) is 0 Å². The first-order valence-electron chi connectivity index (χ1n) is 8.44. The molecular formula is C22H17NO3. The summed E-state index contributed by atoms with van der Waals surface area (Å²) >= 11 is 0. The molecule has 1 heterocycles. The summed E-state index contributed by atoms with van der Waals surface area (Å²) in [4.78, 5) is 26.1. The number of hydrogen-bond acceptors (Lipinski definition) is 3. The number of fused-ring (bicyclic) bond motifs is 1. The first-order valence-corrected chi connectivity index (χ1v) is 8.44. The molecular weight excluding hydrogens is 326 g/mol. The van der Waals surface area contributed by atoms with Gasteiger partial charge in [-0.15, -0.1) is 0 Å². The number of ether oxygens (including phenoxy) is 1. The number of amides is 1. The standard InChI is InChI=1S/C22H17NO3/c24-21-18-11-5-6-12-19(18)23(22(21)25)14-17-10-4-7-13-20(17)26-15-16-8-2-1-3-9-16/h1-13H,14-15H2. The molecule has 128 valence electrons. The Morgan fingerprint density at radius 3 is 2.31 bits per heavy atom. The maximum atomic E-state index is 12.4. The molecule has 0 radical (unpaired) electrons. The number of Topliss-reactive ketones (excluding diaryl/α,β-unsaturated/α-hetero) is 1. The van der Waals surface area contributed by atoms with Gasteiger partial charge in [0.05, 0.1) is 17.8 Å². The number of carbonyl (C=O) groups is 2. The smallest absolute Gasteiger partial charge is 0.299 e. The van der Waals surface area contributed by atoms with E-state index in [1.807, 2.05) is 60.7 Å². The van der Waals surface area contributed by atoms with Gasteiger partial charge in [0.25, 0.3) is 11.7 Å². The monoisotopic (exact) mass is 343 g/mol. The fourth-order valence-corrected chi connectivity index (χ4v) is 3.09. The van der Waals surface area contributed by atoms with Crippen LogP contribution in [0.4, 0.5) is 5.69 Å². The van der Waals surface area contributed by atoms with Crippen molar-refractivity contribution in [2.45, 2.75) is 13.2 Å². The number of anilines is 1. The van der Waals surface area contributed by atoms with Gasteiger partial charge in [0, 0.05) is 5.56 Å². The van der Waals surface area contributed by atoms with Crippen molar-refractivity contribution in [2.75, 3.05) is 4.90 Å². The average Bonchev–Trinajstić information content (AvgIpc) is 2.93. The summed E-state index contributed by atoms with van der Waals surface area (Å²) in [5, 5.41) is 0. The number of carbonyl (C=O) groups excluding carboxylic acids is 2. The summed E-state index contributed by atoms with van der Waals surface area (Å²) in [7, 11) is 0. The number of rotatable bonds is 5. The Kier molecular flexibility index (Phi) is 4.23. The van der Waals surface area contributed by atoms with E-state index < -0.39 is 11.7 Å². The van der Waals surface area contributed by atoms with E-state index in [4.69, 9.17) is 4.74 Å². The highest BCUT2D eigenvalue weighted by molar-refractivity contribution is 6.52. The Labute approximate surface area is 151 Å². The van der Waals surface area contributed by atoms with Crippen molar-refractivity contribution < 1.29 is 14.3 Å². The topological polar surface area (TPSA) is 46.6 Å². The van der Waals surface area contributed by atoms with Gasteiger partial charge < -0.3 is 9.64 Å². The third-order valence-corrected chi connectivity index (χ3v) is 4.42. The Morgan fingerprint density at radius 1 is 0.769 bits per heavy atom. The van der Waals surface area contributed by atoms with Gasteiger partial charge in [-0.2, -0.15) is 0 Å². The van der Waals surface area contributed by atoms with Crippen molar-refractivity contribution in [1.29, 1.82) is 0 Å². The van der Waals surface area contributed by atoms with Crippen LogP contribution >= 0.6 is 0 Å². The summed E-state index contributed by atoms with van der Waals surface area (Å²) in [5.74, 6) is -0.242. The Morgan fingerprint density at radius 2 is 1.46 bits per heavy atom. The van der Waals surface area contributed by atoms with Gasteiger partial charge in [0.15, 0.2) is 0 Å². The molecule has 0 bridgehead atoms. The molecule has 4 heteroatoms. The van der Waals surface area contributed by atoms with E-state index >= 15 is 0 Å². The molecule has 3 aromatic rings. The first kappa shape index (κ1) is 16.1. The molecule has 1 aliphatic heterocycles. The average molecular weight is 343 g/mol. The minimum atomic E-state index is -0.496. The minimum Gasteiger partial charge on any atom is -0.489 e. The molecule has 0 spiro atoms. The van der Waals surface area contributed by atoms with Crippen molar-refractivity contribution in [2.24, 2.45) is 0 Å². The third kappa shape index (κ3) is 2.97. The van der Waals surface area contributed by atoms with Gasteiger partial charge >= 0.3 is 0 Å².